The molecule has 0 bridgehead atoms. The molecule has 1 atom stereocenters. The predicted molar refractivity (Wildman–Crippen MR) is 115 cm³/mol. The third-order valence-corrected chi connectivity index (χ3v) is 5.40. The number of para-hydroxylation sites is 1. The number of carbonyl (C=O) groups is 1. The molecule has 0 spiro atoms. The van der Waals surface area contributed by atoms with E-state index in [4.69, 9.17) is 10.6 Å². The van der Waals surface area contributed by atoms with Crippen molar-refractivity contribution in [3.05, 3.63) is 60.2 Å². The Bertz CT molecular complexity index is 945. The number of carbonyl (C=O) groups excluding carboxylic acids is 1. The molecule has 1 heterocycles. The number of nitrogens with zero attached hydrogens (tertiary/aromatic N) is 3. The van der Waals surface area contributed by atoms with Gasteiger partial charge in [0.15, 0.2) is 5.82 Å². The number of nitrogen functional groups attached to an aromatic ring is 1. The predicted octanol–water partition coefficient (Wildman–Crippen LogP) is 2.90. The van der Waals surface area contributed by atoms with E-state index in [1.165, 1.54) is 22.0 Å². The molecule has 0 saturated heterocycles. The SMILES string of the molecule is COc1ccccc1-c1nnc(SCC(=O)N[C@H](C)CCc2ccccc2)n1N. The van der Waals surface area contributed by atoms with Gasteiger partial charge in [0.1, 0.15) is 5.75 Å². The highest BCUT2D eigenvalue weighted by molar-refractivity contribution is 7.99. The molecule has 0 aliphatic carbocycles. The highest BCUT2D eigenvalue weighted by Crippen LogP contribution is 2.29. The molecule has 152 valence electrons. The molecule has 2 aromatic carbocycles. The normalized spacial score (nSPS) is 11.8. The van der Waals surface area contributed by atoms with Crippen molar-refractivity contribution >= 4 is 17.7 Å². The van der Waals surface area contributed by atoms with Crippen LogP contribution in [-0.2, 0) is 11.2 Å². The molecular weight excluding hydrogens is 386 g/mol. The number of thioether (sulfide) groups is 1. The maximum Gasteiger partial charge on any atom is 0.230 e. The van der Waals surface area contributed by atoms with Crippen molar-refractivity contribution in [2.45, 2.75) is 31.0 Å². The number of amides is 1. The summed E-state index contributed by atoms with van der Waals surface area (Å²) in [7, 11) is 1.59. The number of ether oxygens (including phenoxy) is 1. The second-order valence-corrected chi connectivity index (χ2v) is 7.60. The van der Waals surface area contributed by atoms with Crippen LogP contribution in [0.1, 0.15) is 18.9 Å². The molecule has 3 aromatic rings. The number of aryl methyl sites for hydroxylation is 1. The van der Waals surface area contributed by atoms with E-state index in [2.05, 4.69) is 27.6 Å². The molecule has 0 fully saturated rings. The number of rotatable bonds is 9. The lowest BCUT2D eigenvalue weighted by Crippen LogP contribution is -2.34. The molecule has 3 rings (SSSR count). The molecule has 8 heteroatoms. The van der Waals surface area contributed by atoms with Crippen molar-refractivity contribution in [2.75, 3.05) is 18.7 Å². The van der Waals surface area contributed by atoms with Crippen molar-refractivity contribution in [1.82, 2.24) is 20.2 Å². The number of nitrogens with two attached hydrogens (primary N) is 1. The minimum atomic E-state index is -0.0580. The summed E-state index contributed by atoms with van der Waals surface area (Å²) >= 11 is 1.25. The van der Waals surface area contributed by atoms with E-state index in [-0.39, 0.29) is 17.7 Å². The molecular formula is C21H25N5O2S. The zero-order chi connectivity index (χ0) is 20.6. The fourth-order valence-electron chi connectivity index (χ4n) is 2.94. The van der Waals surface area contributed by atoms with Gasteiger partial charge in [-0.25, -0.2) is 4.68 Å². The largest absolute Gasteiger partial charge is 0.496 e. The van der Waals surface area contributed by atoms with E-state index in [0.717, 1.165) is 18.4 Å². The average molecular weight is 412 g/mol. The summed E-state index contributed by atoms with van der Waals surface area (Å²) < 4.78 is 6.74. The second kappa shape index (κ2) is 9.97. The number of hydrogen-bond acceptors (Lipinski definition) is 6. The average Bonchev–Trinajstić information content (AvgIpc) is 3.11. The quantitative estimate of drug-likeness (QED) is 0.415. The van der Waals surface area contributed by atoms with Gasteiger partial charge in [0, 0.05) is 6.04 Å². The summed E-state index contributed by atoms with van der Waals surface area (Å²) in [6.07, 6.45) is 1.81. The van der Waals surface area contributed by atoms with E-state index >= 15 is 0 Å². The summed E-state index contributed by atoms with van der Waals surface area (Å²) in [5.41, 5.74) is 2.01. The zero-order valence-electron chi connectivity index (χ0n) is 16.5. The smallest absolute Gasteiger partial charge is 0.230 e. The van der Waals surface area contributed by atoms with Gasteiger partial charge in [-0.1, -0.05) is 54.2 Å². The number of nitrogens with one attached hydrogen (secondary N) is 1. The monoisotopic (exact) mass is 411 g/mol. The molecule has 0 saturated carbocycles. The molecule has 1 amide bonds. The standard InChI is InChI=1S/C21H25N5O2S/c1-15(12-13-16-8-4-3-5-9-16)23-19(27)14-29-21-25-24-20(26(21)22)17-10-6-7-11-18(17)28-2/h3-11,15H,12-14,22H2,1-2H3,(H,23,27)/t15-/m1/s1. The Hall–Kier alpha value is -3.00. The molecule has 1 aromatic heterocycles. The molecule has 7 nitrogen and oxygen atoms in total. The first-order chi connectivity index (χ1) is 14.1. The van der Waals surface area contributed by atoms with E-state index in [9.17, 15) is 4.79 Å². The highest BCUT2D eigenvalue weighted by atomic mass is 32.2. The van der Waals surface area contributed by atoms with Crippen LogP contribution >= 0.6 is 11.8 Å². The van der Waals surface area contributed by atoms with Crippen LogP contribution in [0.5, 0.6) is 5.75 Å². The van der Waals surface area contributed by atoms with Gasteiger partial charge >= 0.3 is 0 Å². The summed E-state index contributed by atoms with van der Waals surface area (Å²) in [4.78, 5) is 12.3. The van der Waals surface area contributed by atoms with Gasteiger partial charge in [-0.3, -0.25) is 4.79 Å². The third-order valence-electron chi connectivity index (χ3n) is 4.46. The lowest BCUT2D eigenvalue weighted by molar-refractivity contribution is -0.119. The first-order valence-electron chi connectivity index (χ1n) is 9.38. The maximum atomic E-state index is 12.3. The summed E-state index contributed by atoms with van der Waals surface area (Å²) in [5, 5.41) is 11.8. The van der Waals surface area contributed by atoms with Gasteiger partial charge < -0.3 is 15.9 Å². The van der Waals surface area contributed by atoms with Gasteiger partial charge in [0.2, 0.25) is 11.1 Å². The highest BCUT2D eigenvalue weighted by Gasteiger charge is 2.17. The Morgan fingerprint density at radius 2 is 1.90 bits per heavy atom. The zero-order valence-corrected chi connectivity index (χ0v) is 17.4. The van der Waals surface area contributed by atoms with Crippen LogP contribution in [0.4, 0.5) is 0 Å². The fraction of sp³-hybridized carbons (Fsp3) is 0.286. The second-order valence-electron chi connectivity index (χ2n) is 6.66. The lowest BCUT2D eigenvalue weighted by Gasteiger charge is -2.13. The lowest BCUT2D eigenvalue weighted by atomic mass is 10.1. The van der Waals surface area contributed by atoms with Crippen molar-refractivity contribution in [1.29, 1.82) is 0 Å². The van der Waals surface area contributed by atoms with Gasteiger partial charge in [-0.15, -0.1) is 10.2 Å². The minimum absolute atomic E-state index is 0.0580. The minimum Gasteiger partial charge on any atom is -0.496 e. The van der Waals surface area contributed by atoms with Crippen LogP contribution in [0.15, 0.2) is 59.8 Å². The topological polar surface area (TPSA) is 95.1 Å². The van der Waals surface area contributed by atoms with Crippen LogP contribution < -0.4 is 15.9 Å². The van der Waals surface area contributed by atoms with Gasteiger partial charge in [-0.2, -0.15) is 0 Å². The van der Waals surface area contributed by atoms with Crippen LogP contribution in [-0.4, -0.2) is 39.7 Å². The molecule has 0 radical (unpaired) electrons. The number of methoxy groups -OCH3 is 1. The van der Waals surface area contributed by atoms with Crippen LogP contribution in [0.2, 0.25) is 0 Å². The molecule has 0 aliphatic rings. The van der Waals surface area contributed by atoms with Crippen molar-refractivity contribution < 1.29 is 9.53 Å². The summed E-state index contributed by atoms with van der Waals surface area (Å²) in [5.74, 6) is 7.45. The van der Waals surface area contributed by atoms with Crippen molar-refractivity contribution in [3.63, 3.8) is 0 Å². The van der Waals surface area contributed by atoms with Crippen LogP contribution in [0, 0.1) is 0 Å². The van der Waals surface area contributed by atoms with Crippen molar-refractivity contribution in [3.8, 4) is 17.1 Å². The Morgan fingerprint density at radius 1 is 1.17 bits per heavy atom. The summed E-state index contributed by atoms with van der Waals surface area (Å²) in [6.45, 7) is 2.01. The molecule has 0 aliphatic heterocycles. The number of benzene rings is 2. The van der Waals surface area contributed by atoms with Gasteiger partial charge in [-0.05, 0) is 37.5 Å². The van der Waals surface area contributed by atoms with Gasteiger partial charge in [0.25, 0.3) is 0 Å². The van der Waals surface area contributed by atoms with Gasteiger partial charge in [0.05, 0.1) is 18.4 Å². The van der Waals surface area contributed by atoms with Crippen LogP contribution in [0.25, 0.3) is 11.4 Å². The Morgan fingerprint density at radius 3 is 2.66 bits per heavy atom. The van der Waals surface area contributed by atoms with E-state index < -0.39 is 0 Å². The first kappa shape index (κ1) is 20.7. The number of hydrogen-bond donors (Lipinski definition) is 2. The first-order valence-corrected chi connectivity index (χ1v) is 10.4. The van der Waals surface area contributed by atoms with E-state index in [1.54, 1.807) is 7.11 Å². The van der Waals surface area contributed by atoms with E-state index in [1.807, 2.05) is 49.4 Å². The Balaban J connectivity index is 1.52. The molecule has 0 unspecified atom stereocenters. The Kier molecular flexibility index (Phi) is 7.13. The fourth-order valence-corrected chi connectivity index (χ4v) is 3.60. The summed E-state index contributed by atoms with van der Waals surface area (Å²) in [6, 6.07) is 17.8. The van der Waals surface area contributed by atoms with E-state index in [0.29, 0.717) is 16.7 Å². The van der Waals surface area contributed by atoms with Crippen molar-refractivity contribution in [2.24, 2.45) is 0 Å². The molecule has 3 N–H and O–H groups in total. The van der Waals surface area contributed by atoms with Crippen LogP contribution in [0.3, 0.4) is 0 Å². The third kappa shape index (κ3) is 5.51. The Labute approximate surface area is 174 Å². The number of aromatic nitrogens is 3. The molecule has 29 heavy (non-hydrogen) atoms. The maximum absolute atomic E-state index is 12.3.